The van der Waals surface area contributed by atoms with Gasteiger partial charge >= 0.3 is 5.97 Å². The Morgan fingerprint density at radius 1 is 1.25 bits per heavy atom. The molecule has 2 aromatic rings. The number of carboxylic acid groups (broad SMARTS) is 1. The largest absolute Gasteiger partial charge is 0.476 e. The lowest BCUT2D eigenvalue weighted by atomic mass is 10.3. The van der Waals surface area contributed by atoms with E-state index in [1.54, 1.807) is 0 Å². The van der Waals surface area contributed by atoms with Crippen molar-refractivity contribution in [3.63, 3.8) is 0 Å². The third-order valence-corrected chi connectivity index (χ3v) is 2.33. The summed E-state index contributed by atoms with van der Waals surface area (Å²) in [5, 5.41) is 14.9. The molecule has 0 saturated carbocycles. The minimum Gasteiger partial charge on any atom is -0.476 e. The van der Waals surface area contributed by atoms with Gasteiger partial charge in [-0.2, -0.15) is 5.10 Å². The summed E-state index contributed by atoms with van der Waals surface area (Å²) < 4.78 is 0.990. The first-order chi connectivity index (χ1) is 9.49. The molecule has 20 heavy (non-hydrogen) atoms. The monoisotopic (exact) mass is 275 g/mol. The Morgan fingerprint density at radius 2 is 1.95 bits per heavy atom. The molecule has 2 rings (SSSR count). The Labute approximate surface area is 111 Å². The van der Waals surface area contributed by atoms with Crippen molar-refractivity contribution in [2.45, 2.75) is 0 Å². The minimum absolute atomic E-state index is 0.0471. The molecular formula is C11H9N5O4. The van der Waals surface area contributed by atoms with Gasteiger partial charge in [0.1, 0.15) is 5.69 Å². The average Bonchev–Trinajstić information content (AvgIpc) is 2.42. The van der Waals surface area contributed by atoms with Crippen molar-refractivity contribution in [2.75, 3.05) is 5.32 Å². The van der Waals surface area contributed by atoms with E-state index in [-0.39, 0.29) is 22.8 Å². The van der Waals surface area contributed by atoms with Crippen LogP contribution in [0.15, 0.2) is 29.3 Å². The molecule has 0 unspecified atom stereocenters. The van der Waals surface area contributed by atoms with Crippen LogP contribution >= 0.6 is 0 Å². The summed E-state index contributed by atoms with van der Waals surface area (Å²) in [6.07, 6.45) is 2.44. The summed E-state index contributed by atoms with van der Waals surface area (Å²) in [6.45, 7) is 0. The van der Waals surface area contributed by atoms with Gasteiger partial charge in [-0.15, -0.1) is 0 Å². The molecule has 0 radical (unpaired) electrons. The van der Waals surface area contributed by atoms with Crippen LogP contribution in [-0.4, -0.2) is 36.7 Å². The van der Waals surface area contributed by atoms with E-state index < -0.39 is 11.9 Å². The van der Waals surface area contributed by atoms with E-state index in [1.165, 1.54) is 31.6 Å². The first-order valence-corrected chi connectivity index (χ1v) is 5.39. The van der Waals surface area contributed by atoms with E-state index in [9.17, 15) is 14.4 Å². The quantitative estimate of drug-likeness (QED) is 0.774. The Morgan fingerprint density at radius 3 is 2.60 bits per heavy atom. The van der Waals surface area contributed by atoms with Gasteiger partial charge in [-0.1, -0.05) is 0 Å². The molecule has 9 heteroatoms. The van der Waals surface area contributed by atoms with Crippen molar-refractivity contribution in [1.29, 1.82) is 0 Å². The SMILES string of the molecule is Cn1nc(C(=O)Nc2nccnc2C(=O)O)ccc1=O. The average molecular weight is 275 g/mol. The van der Waals surface area contributed by atoms with Crippen LogP contribution in [0.4, 0.5) is 5.82 Å². The number of aryl methyl sites for hydroxylation is 1. The molecule has 0 aliphatic heterocycles. The number of nitrogens with one attached hydrogen (secondary N) is 1. The Balaban J connectivity index is 2.30. The molecule has 2 N–H and O–H groups in total. The maximum atomic E-state index is 11.9. The number of carboxylic acids is 1. The van der Waals surface area contributed by atoms with Gasteiger partial charge in [-0.3, -0.25) is 9.59 Å². The fourth-order valence-corrected chi connectivity index (χ4v) is 1.38. The van der Waals surface area contributed by atoms with Crippen LogP contribution in [0, 0.1) is 0 Å². The van der Waals surface area contributed by atoms with Gasteiger partial charge in [0, 0.05) is 25.5 Å². The number of carbonyl (C=O) groups excluding carboxylic acids is 1. The number of anilines is 1. The molecule has 1 amide bonds. The zero-order valence-electron chi connectivity index (χ0n) is 10.3. The molecule has 0 saturated heterocycles. The molecule has 102 valence electrons. The van der Waals surface area contributed by atoms with E-state index in [4.69, 9.17) is 5.11 Å². The first-order valence-electron chi connectivity index (χ1n) is 5.39. The third kappa shape index (κ3) is 2.66. The highest BCUT2D eigenvalue weighted by atomic mass is 16.4. The molecule has 0 aliphatic rings. The fraction of sp³-hybridized carbons (Fsp3) is 0.0909. The Bertz CT molecular complexity index is 740. The number of nitrogens with zero attached hydrogens (tertiary/aromatic N) is 4. The molecule has 9 nitrogen and oxygen atoms in total. The maximum absolute atomic E-state index is 11.9. The number of hydrogen-bond donors (Lipinski definition) is 2. The van der Waals surface area contributed by atoms with Crippen molar-refractivity contribution in [3.8, 4) is 0 Å². The van der Waals surface area contributed by atoms with Crippen LogP contribution in [0.3, 0.4) is 0 Å². The lowest BCUT2D eigenvalue weighted by molar-refractivity contribution is 0.0691. The molecule has 2 aromatic heterocycles. The van der Waals surface area contributed by atoms with Gasteiger partial charge < -0.3 is 10.4 Å². The smallest absolute Gasteiger partial charge is 0.358 e. The fourth-order valence-electron chi connectivity index (χ4n) is 1.38. The number of carbonyl (C=O) groups is 2. The van der Waals surface area contributed by atoms with Crippen LogP contribution in [0.1, 0.15) is 21.0 Å². The summed E-state index contributed by atoms with van der Waals surface area (Å²) in [4.78, 5) is 41.3. The van der Waals surface area contributed by atoms with Gasteiger partial charge in [0.15, 0.2) is 11.5 Å². The number of aromatic nitrogens is 4. The lowest BCUT2D eigenvalue weighted by Gasteiger charge is -2.06. The second-order valence-electron chi connectivity index (χ2n) is 3.69. The minimum atomic E-state index is -1.32. The molecule has 0 bridgehead atoms. The highest BCUT2D eigenvalue weighted by molar-refractivity contribution is 6.05. The van der Waals surface area contributed by atoms with Gasteiger partial charge in [-0.05, 0) is 6.07 Å². The highest BCUT2D eigenvalue weighted by Crippen LogP contribution is 2.09. The van der Waals surface area contributed by atoms with E-state index in [0.29, 0.717) is 0 Å². The van der Waals surface area contributed by atoms with Crippen molar-refractivity contribution in [3.05, 3.63) is 46.3 Å². The van der Waals surface area contributed by atoms with Crippen LogP contribution in [0.5, 0.6) is 0 Å². The van der Waals surface area contributed by atoms with Gasteiger partial charge in [0.05, 0.1) is 0 Å². The van der Waals surface area contributed by atoms with Crippen molar-refractivity contribution < 1.29 is 14.7 Å². The molecule has 0 atom stereocenters. The van der Waals surface area contributed by atoms with Crippen LogP contribution in [0.25, 0.3) is 0 Å². The van der Waals surface area contributed by atoms with E-state index in [2.05, 4.69) is 20.4 Å². The van der Waals surface area contributed by atoms with Crippen molar-refractivity contribution in [2.24, 2.45) is 7.05 Å². The van der Waals surface area contributed by atoms with Crippen LogP contribution in [-0.2, 0) is 7.05 Å². The summed E-state index contributed by atoms with van der Waals surface area (Å²) in [5.74, 6) is -2.20. The molecule has 0 fully saturated rings. The molecule has 0 aliphatic carbocycles. The van der Waals surface area contributed by atoms with Gasteiger partial charge in [-0.25, -0.2) is 19.4 Å². The predicted molar refractivity (Wildman–Crippen MR) is 66.4 cm³/mol. The summed E-state index contributed by atoms with van der Waals surface area (Å²) >= 11 is 0. The zero-order valence-corrected chi connectivity index (χ0v) is 10.3. The van der Waals surface area contributed by atoms with E-state index in [0.717, 1.165) is 4.68 Å². The number of rotatable bonds is 3. The topological polar surface area (TPSA) is 127 Å². The second-order valence-corrected chi connectivity index (χ2v) is 3.69. The molecule has 2 heterocycles. The van der Waals surface area contributed by atoms with Crippen molar-refractivity contribution in [1.82, 2.24) is 19.7 Å². The van der Waals surface area contributed by atoms with Crippen LogP contribution < -0.4 is 10.9 Å². The molecular weight excluding hydrogens is 266 g/mol. The normalized spacial score (nSPS) is 10.1. The van der Waals surface area contributed by atoms with Crippen molar-refractivity contribution >= 4 is 17.7 Å². The Kier molecular flexibility index (Phi) is 3.51. The number of hydrogen-bond acceptors (Lipinski definition) is 6. The summed E-state index contributed by atoms with van der Waals surface area (Å²) in [7, 11) is 1.39. The number of amides is 1. The van der Waals surface area contributed by atoms with Crippen LogP contribution in [0.2, 0.25) is 0 Å². The predicted octanol–water partition coefficient (Wildman–Crippen LogP) is -0.479. The second kappa shape index (κ2) is 5.26. The van der Waals surface area contributed by atoms with E-state index >= 15 is 0 Å². The number of aromatic carboxylic acids is 1. The third-order valence-electron chi connectivity index (χ3n) is 2.33. The highest BCUT2D eigenvalue weighted by Gasteiger charge is 2.16. The Hall–Kier alpha value is -3.10. The summed E-state index contributed by atoms with van der Waals surface area (Å²) in [6, 6.07) is 2.41. The lowest BCUT2D eigenvalue weighted by Crippen LogP contribution is -2.24. The maximum Gasteiger partial charge on any atom is 0.358 e. The first kappa shape index (κ1) is 13.3. The zero-order chi connectivity index (χ0) is 14.7. The standard InChI is InChI=1S/C11H9N5O4/c1-16-7(17)3-2-6(15-16)10(18)14-9-8(11(19)20)12-4-5-13-9/h2-5H,1H3,(H,19,20)(H,13,14,18). The van der Waals surface area contributed by atoms with Gasteiger partial charge in [0.2, 0.25) is 0 Å². The summed E-state index contributed by atoms with van der Waals surface area (Å²) in [5.41, 5.74) is -0.799. The van der Waals surface area contributed by atoms with E-state index in [1.807, 2.05) is 0 Å². The molecule has 0 aromatic carbocycles. The molecule has 0 spiro atoms. The van der Waals surface area contributed by atoms with Gasteiger partial charge in [0.25, 0.3) is 11.5 Å².